The fraction of sp³-hybridized carbons (Fsp3) is 0.625. The predicted molar refractivity (Wildman–Crippen MR) is 76.1 cm³/mol. The van der Waals surface area contributed by atoms with E-state index in [2.05, 4.69) is 0 Å². The Morgan fingerprint density at radius 3 is 2.47 bits per heavy atom. The lowest BCUT2D eigenvalue weighted by atomic mass is 9.69. The van der Waals surface area contributed by atoms with Crippen molar-refractivity contribution in [3.63, 3.8) is 0 Å². The van der Waals surface area contributed by atoms with Gasteiger partial charge in [0.25, 0.3) is 0 Å². The molecule has 2 N–H and O–H groups in total. The van der Waals surface area contributed by atoms with Crippen molar-refractivity contribution in [1.29, 1.82) is 0 Å². The maximum Gasteiger partial charge on any atom is 0.130 e. The number of halogens is 1. The molecule has 1 fully saturated rings. The van der Waals surface area contributed by atoms with E-state index in [0.717, 1.165) is 18.4 Å². The van der Waals surface area contributed by atoms with Crippen molar-refractivity contribution in [3.05, 3.63) is 29.1 Å². The van der Waals surface area contributed by atoms with Gasteiger partial charge in [0.15, 0.2) is 0 Å². The van der Waals surface area contributed by atoms with E-state index in [4.69, 9.17) is 10.5 Å². The Morgan fingerprint density at radius 1 is 1.26 bits per heavy atom. The first-order valence-electron chi connectivity index (χ1n) is 7.24. The monoisotopic (exact) mass is 265 g/mol. The molecule has 3 heteroatoms. The average Bonchev–Trinajstić information content (AvgIpc) is 2.47. The van der Waals surface area contributed by atoms with Crippen LogP contribution < -0.4 is 10.5 Å². The topological polar surface area (TPSA) is 35.2 Å². The largest absolute Gasteiger partial charge is 0.496 e. The van der Waals surface area contributed by atoms with Crippen LogP contribution in [0.1, 0.15) is 50.2 Å². The minimum absolute atomic E-state index is 0.0569. The molecule has 2 rings (SSSR count). The van der Waals surface area contributed by atoms with E-state index in [1.54, 1.807) is 13.2 Å². The second kappa shape index (κ2) is 5.91. The molecule has 0 unspecified atom stereocenters. The van der Waals surface area contributed by atoms with Crippen LogP contribution in [0.2, 0.25) is 0 Å². The van der Waals surface area contributed by atoms with Gasteiger partial charge in [-0.25, -0.2) is 4.39 Å². The standard InChI is InChI=1S/C16H24FNO/c1-3-13-14(17)9-12(10-15(13)19-2)16(11-18)7-5-4-6-8-16/h9-10H,3-8,11,18H2,1-2H3. The van der Waals surface area contributed by atoms with E-state index in [1.807, 2.05) is 13.0 Å². The normalized spacial score (nSPS) is 18.3. The van der Waals surface area contributed by atoms with E-state index in [1.165, 1.54) is 19.3 Å². The second-order valence-electron chi connectivity index (χ2n) is 5.54. The maximum absolute atomic E-state index is 14.2. The smallest absolute Gasteiger partial charge is 0.130 e. The third kappa shape index (κ3) is 2.62. The number of rotatable bonds is 4. The predicted octanol–water partition coefficient (Wildman–Crippen LogP) is 3.56. The van der Waals surface area contributed by atoms with Crippen LogP contribution in [0.25, 0.3) is 0 Å². The van der Waals surface area contributed by atoms with Crippen molar-refractivity contribution in [3.8, 4) is 5.75 Å². The highest BCUT2D eigenvalue weighted by Crippen LogP contribution is 2.41. The van der Waals surface area contributed by atoms with Crippen molar-refractivity contribution in [2.45, 2.75) is 50.9 Å². The minimum atomic E-state index is -0.157. The van der Waals surface area contributed by atoms with Crippen LogP contribution in [0.5, 0.6) is 5.75 Å². The fourth-order valence-corrected chi connectivity index (χ4v) is 3.28. The van der Waals surface area contributed by atoms with Crippen LogP contribution in [0.4, 0.5) is 4.39 Å². The SMILES string of the molecule is CCc1c(F)cc(C2(CN)CCCCC2)cc1OC. The van der Waals surface area contributed by atoms with Gasteiger partial charge >= 0.3 is 0 Å². The molecule has 106 valence electrons. The molecule has 0 aliphatic heterocycles. The minimum Gasteiger partial charge on any atom is -0.496 e. The first kappa shape index (κ1) is 14.3. The summed E-state index contributed by atoms with van der Waals surface area (Å²) in [6.45, 7) is 2.53. The molecule has 1 aliphatic rings. The average molecular weight is 265 g/mol. The van der Waals surface area contributed by atoms with Crippen molar-refractivity contribution >= 4 is 0 Å². The number of ether oxygens (including phenoxy) is 1. The van der Waals surface area contributed by atoms with E-state index in [-0.39, 0.29) is 11.2 Å². The highest BCUT2D eigenvalue weighted by molar-refractivity contribution is 5.42. The van der Waals surface area contributed by atoms with Crippen LogP contribution in [0.15, 0.2) is 12.1 Å². The lowest BCUT2D eigenvalue weighted by Gasteiger charge is -2.37. The molecular formula is C16H24FNO. The molecule has 19 heavy (non-hydrogen) atoms. The highest BCUT2D eigenvalue weighted by Gasteiger charge is 2.33. The lowest BCUT2D eigenvalue weighted by Crippen LogP contribution is -2.37. The number of hydrogen-bond donors (Lipinski definition) is 1. The van der Waals surface area contributed by atoms with E-state index < -0.39 is 0 Å². The van der Waals surface area contributed by atoms with Crippen molar-refractivity contribution in [1.82, 2.24) is 0 Å². The second-order valence-corrected chi connectivity index (χ2v) is 5.54. The van der Waals surface area contributed by atoms with Gasteiger partial charge in [0.1, 0.15) is 11.6 Å². The number of nitrogens with two attached hydrogens (primary N) is 1. The Bertz CT molecular complexity index is 439. The van der Waals surface area contributed by atoms with Gasteiger partial charge in [0.05, 0.1) is 7.11 Å². The maximum atomic E-state index is 14.2. The molecule has 1 aliphatic carbocycles. The lowest BCUT2D eigenvalue weighted by molar-refractivity contribution is 0.298. The van der Waals surface area contributed by atoms with E-state index in [0.29, 0.717) is 24.3 Å². The van der Waals surface area contributed by atoms with Crippen LogP contribution in [-0.2, 0) is 11.8 Å². The van der Waals surface area contributed by atoms with Gasteiger partial charge in [-0.05, 0) is 37.0 Å². The van der Waals surface area contributed by atoms with Gasteiger partial charge < -0.3 is 10.5 Å². The number of methoxy groups -OCH3 is 1. The zero-order valence-electron chi connectivity index (χ0n) is 12.0. The Hall–Kier alpha value is -1.09. The molecule has 0 spiro atoms. The molecule has 0 saturated heterocycles. The van der Waals surface area contributed by atoms with Crippen molar-refractivity contribution in [2.24, 2.45) is 5.73 Å². The summed E-state index contributed by atoms with van der Waals surface area (Å²) in [5.74, 6) is 0.506. The molecule has 1 saturated carbocycles. The molecular weight excluding hydrogens is 241 g/mol. The molecule has 1 aromatic carbocycles. The first-order valence-corrected chi connectivity index (χ1v) is 7.24. The van der Waals surface area contributed by atoms with Gasteiger partial charge in [-0.3, -0.25) is 0 Å². The van der Waals surface area contributed by atoms with Gasteiger partial charge in [-0.15, -0.1) is 0 Å². The summed E-state index contributed by atoms with van der Waals surface area (Å²) in [6, 6.07) is 3.68. The summed E-state index contributed by atoms with van der Waals surface area (Å²) < 4.78 is 19.6. The van der Waals surface area contributed by atoms with Crippen molar-refractivity contribution < 1.29 is 9.13 Å². The van der Waals surface area contributed by atoms with Crippen LogP contribution in [-0.4, -0.2) is 13.7 Å². The molecule has 0 aromatic heterocycles. The Balaban J connectivity index is 2.46. The first-order chi connectivity index (χ1) is 9.16. The summed E-state index contributed by atoms with van der Waals surface area (Å²) in [5, 5.41) is 0. The van der Waals surface area contributed by atoms with E-state index in [9.17, 15) is 4.39 Å². The molecule has 0 radical (unpaired) electrons. The molecule has 1 aromatic rings. The molecule has 0 amide bonds. The Morgan fingerprint density at radius 2 is 1.95 bits per heavy atom. The summed E-state index contributed by atoms with van der Waals surface area (Å²) in [7, 11) is 1.60. The van der Waals surface area contributed by atoms with Gasteiger partial charge in [0, 0.05) is 17.5 Å². The Kier molecular flexibility index (Phi) is 4.46. The fourth-order valence-electron chi connectivity index (χ4n) is 3.28. The van der Waals surface area contributed by atoms with Crippen LogP contribution in [0.3, 0.4) is 0 Å². The third-order valence-electron chi connectivity index (χ3n) is 4.54. The summed E-state index contributed by atoms with van der Waals surface area (Å²) >= 11 is 0. The third-order valence-corrected chi connectivity index (χ3v) is 4.54. The van der Waals surface area contributed by atoms with Gasteiger partial charge in [-0.1, -0.05) is 26.2 Å². The quantitative estimate of drug-likeness (QED) is 0.903. The molecule has 2 nitrogen and oxygen atoms in total. The number of benzene rings is 1. The zero-order chi connectivity index (χ0) is 13.9. The summed E-state index contributed by atoms with van der Waals surface area (Å²) in [6.07, 6.45) is 6.36. The zero-order valence-corrected chi connectivity index (χ0v) is 12.0. The summed E-state index contributed by atoms with van der Waals surface area (Å²) in [4.78, 5) is 0. The van der Waals surface area contributed by atoms with E-state index >= 15 is 0 Å². The highest BCUT2D eigenvalue weighted by atomic mass is 19.1. The van der Waals surface area contributed by atoms with Gasteiger partial charge in [0.2, 0.25) is 0 Å². The molecule has 0 atom stereocenters. The molecule has 0 heterocycles. The van der Waals surface area contributed by atoms with Crippen molar-refractivity contribution in [2.75, 3.05) is 13.7 Å². The van der Waals surface area contributed by atoms with Crippen LogP contribution in [0, 0.1) is 5.82 Å². The Labute approximate surface area is 115 Å². The molecule has 0 bridgehead atoms. The van der Waals surface area contributed by atoms with Gasteiger partial charge in [-0.2, -0.15) is 0 Å². The number of hydrogen-bond acceptors (Lipinski definition) is 2. The van der Waals surface area contributed by atoms with Crippen LogP contribution >= 0.6 is 0 Å². The summed E-state index contributed by atoms with van der Waals surface area (Å²) in [5.41, 5.74) is 7.64.